The lowest BCUT2D eigenvalue weighted by molar-refractivity contribution is 0.627. The zero-order valence-corrected chi connectivity index (χ0v) is 10.4. The van der Waals surface area contributed by atoms with Gasteiger partial charge in [0.25, 0.3) is 0 Å². The van der Waals surface area contributed by atoms with Gasteiger partial charge < -0.3 is 5.32 Å². The lowest BCUT2D eigenvalue weighted by Gasteiger charge is -2.11. The van der Waals surface area contributed by atoms with Gasteiger partial charge in [-0.3, -0.25) is 0 Å². The minimum Gasteiger partial charge on any atom is -0.382 e. The monoisotopic (exact) mass is 290 g/mol. The van der Waals surface area contributed by atoms with E-state index in [1.807, 2.05) is 0 Å². The van der Waals surface area contributed by atoms with Crippen molar-refractivity contribution < 1.29 is 4.39 Å². The van der Waals surface area contributed by atoms with Gasteiger partial charge in [-0.15, -0.1) is 0 Å². The Balaban J connectivity index is 2.82. The smallest absolute Gasteiger partial charge is 0.125 e. The second-order valence-electron chi connectivity index (χ2n) is 3.16. The summed E-state index contributed by atoms with van der Waals surface area (Å²) in [6, 6.07) is 4.64. The van der Waals surface area contributed by atoms with Crippen LogP contribution in [0.25, 0.3) is 0 Å². The van der Waals surface area contributed by atoms with Crippen LogP contribution in [-0.4, -0.2) is 6.54 Å². The van der Waals surface area contributed by atoms with E-state index in [2.05, 4.69) is 27.3 Å². The van der Waals surface area contributed by atoms with Gasteiger partial charge in [-0.1, -0.05) is 11.6 Å². The number of hydrogen-bond acceptors (Lipinski definition) is 2. The molecule has 5 heteroatoms. The van der Waals surface area contributed by atoms with Crippen molar-refractivity contribution in [1.82, 2.24) is 0 Å². The van der Waals surface area contributed by atoms with E-state index in [1.54, 1.807) is 6.92 Å². The third-order valence-corrected chi connectivity index (χ3v) is 2.74. The summed E-state index contributed by atoms with van der Waals surface area (Å²) < 4.78 is 13.4. The van der Waals surface area contributed by atoms with E-state index in [-0.39, 0.29) is 5.92 Å². The molecule has 1 rings (SSSR count). The van der Waals surface area contributed by atoms with Gasteiger partial charge in [-0.25, -0.2) is 4.39 Å². The Labute approximate surface area is 101 Å². The van der Waals surface area contributed by atoms with Crippen molar-refractivity contribution in [2.45, 2.75) is 6.92 Å². The fourth-order valence-electron chi connectivity index (χ4n) is 1.01. The van der Waals surface area contributed by atoms with Crippen molar-refractivity contribution in [2.75, 3.05) is 11.9 Å². The number of nitrogens with one attached hydrogen (secondary N) is 1. The van der Waals surface area contributed by atoms with Crippen LogP contribution in [0, 0.1) is 23.1 Å². The van der Waals surface area contributed by atoms with Gasteiger partial charge in [-0.05, 0) is 35.0 Å². The van der Waals surface area contributed by atoms with Crippen LogP contribution >= 0.6 is 27.5 Å². The van der Waals surface area contributed by atoms with E-state index in [0.29, 0.717) is 21.7 Å². The highest BCUT2D eigenvalue weighted by Gasteiger charge is 2.08. The maximum Gasteiger partial charge on any atom is 0.125 e. The second kappa shape index (κ2) is 5.34. The van der Waals surface area contributed by atoms with Crippen LogP contribution < -0.4 is 5.32 Å². The predicted molar refractivity (Wildman–Crippen MR) is 62.4 cm³/mol. The van der Waals surface area contributed by atoms with Crippen molar-refractivity contribution in [3.8, 4) is 6.07 Å². The fourth-order valence-corrected chi connectivity index (χ4v) is 1.97. The lowest BCUT2D eigenvalue weighted by atomic mass is 10.2. The van der Waals surface area contributed by atoms with Crippen LogP contribution in [0.2, 0.25) is 5.02 Å². The van der Waals surface area contributed by atoms with Gasteiger partial charge in [0.15, 0.2) is 0 Å². The summed E-state index contributed by atoms with van der Waals surface area (Å²) in [5.41, 5.74) is 0.611. The number of nitrogens with zero attached hydrogens (tertiary/aromatic N) is 1. The maximum atomic E-state index is 12.9. The van der Waals surface area contributed by atoms with Crippen LogP contribution in [0.3, 0.4) is 0 Å². The number of hydrogen-bond donors (Lipinski definition) is 1. The molecule has 1 aromatic carbocycles. The Kier molecular flexibility index (Phi) is 4.37. The Morgan fingerprint density at radius 3 is 2.87 bits per heavy atom. The van der Waals surface area contributed by atoms with Crippen molar-refractivity contribution in [1.29, 1.82) is 5.26 Å². The third-order valence-electron chi connectivity index (χ3n) is 1.81. The van der Waals surface area contributed by atoms with Gasteiger partial charge in [0.05, 0.1) is 22.7 Å². The van der Waals surface area contributed by atoms with Crippen molar-refractivity contribution in [2.24, 2.45) is 5.92 Å². The van der Waals surface area contributed by atoms with E-state index >= 15 is 0 Å². The molecule has 15 heavy (non-hydrogen) atoms. The van der Waals surface area contributed by atoms with Crippen LogP contribution in [0.15, 0.2) is 16.6 Å². The first kappa shape index (κ1) is 12.3. The molecule has 0 aliphatic carbocycles. The summed E-state index contributed by atoms with van der Waals surface area (Å²) in [6.45, 7) is 2.26. The Hall–Kier alpha value is -0.790. The van der Waals surface area contributed by atoms with Gasteiger partial charge in [-0.2, -0.15) is 5.26 Å². The highest BCUT2D eigenvalue weighted by molar-refractivity contribution is 9.10. The molecule has 2 nitrogen and oxygen atoms in total. The summed E-state index contributed by atoms with van der Waals surface area (Å²) in [5, 5.41) is 11.9. The number of halogens is 3. The maximum absolute atomic E-state index is 12.9. The molecule has 0 saturated heterocycles. The van der Waals surface area contributed by atoms with Crippen molar-refractivity contribution in [3.05, 3.63) is 27.4 Å². The first-order valence-corrected chi connectivity index (χ1v) is 5.49. The molecule has 0 saturated carbocycles. The number of benzene rings is 1. The molecule has 0 aromatic heterocycles. The predicted octanol–water partition coefficient (Wildman–Crippen LogP) is 3.81. The minimum absolute atomic E-state index is 0.127. The third kappa shape index (κ3) is 3.37. The molecule has 1 atom stereocenters. The topological polar surface area (TPSA) is 35.8 Å². The lowest BCUT2D eigenvalue weighted by Crippen LogP contribution is -2.10. The Morgan fingerprint density at radius 2 is 2.33 bits per heavy atom. The standard InChI is InChI=1S/C10H9BrClFN2/c1-6(4-14)5-15-10-8(11)2-7(13)3-9(10)12/h2-3,6,15H,5H2,1H3. The molecule has 0 heterocycles. The fraction of sp³-hybridized carbons (Fsp3) is 0.300. The largest absolute Gasteiger partial charge is 0.382 e. The molecule has 0 spiro atoms. The molecule has 1 N–H and O–H groups in total. The van der Waals surface area contributed by atoms with Gasteiger partial charge in [0, 0.05) is 11.0 Å². The van der Waals surface area contributed by atoms with Crippen molar-refractivity contribution >= 4 is 33.2 Å². The zero-order valence-electron chi connectivity index (χ0n) is 8.02. The van der Waals surface area contributed by atoms with Gasteiger partial charge in [0.2, 0.25) is 0 Å². The molecule has 0 amide bonds. The Morgan fingerprint density at radius 1 is 1.67 bits per heavy atom. The summed E-state index contributed by atoms with van der Waals surface area (Å²) in [5.74, 6) is -0.524. The van der Waals surface area contributed by atoms with Crippen LogP contribution in [0.5, 0.6) is 0 Å². The quantitative estimate of drug-likeness (QED) is 0.919. The molecule has 0 aliphatic heterocycles. The normalized spacial score (nSPS) is 11.9. The molecule has 1 unspecified atom stereocenters. The molecule has 80 valence electrons. The highest BCUT2D eigenvalue weighted by Crippen LogP contribution is 2.31. The molecule has 0 fully saturated rings. The van der Waals surface area contributed by atoms with Crippen LogP contribution in [-0.2, 0) is 0 Å². The summed E-state index contributed by atoms with van der Waals surface area (Å²) >= 11 is 9.05. The molecule has 0 bridgehead atoms. The van der Waals surface area contributed by atoms with Gasteiger partial charge >= 0.3 is 0 Å². The van der Waals surface area contributed by atoms with E-state index in [4.69, 9.17) is 16.9 Å². The minimum atomic E-state index is -0.397. The number of nitriles is 1. The SMILES string of the molecule is CC(C#N)CNc1c(Cl)cc(F)cc1Br. The Bertz CT molecular complexity index is 380. The van der Waals surface area contributed by atoms with Gasteiger partial charge in [0.1, 0.15) is 5.82 Å². The van der Waals surface area contributed by atoms with E-state index < -0.39 is 5.82 Å². The average molecular weight is 292 g/mol. The van der Waals surface area contributed by atoms with Crippen LogP contribution in [0.1, 0.15) is 6.92 Å². The number of anilines is 1. The zero-order chi connectivity index (χ0) is 11.4. The van der Waals surface area contributed by atoms with E-state index in [9.17, 15) is 4.39 Å². The van der Waals surface area contributed by atoms with E-state index in [1.165, 1.54) is 12.1 Å². The molecular weight excluding hydrogens is 282 g/mol. The first-order chi connectivity index (χ1) is 7.04. The molecule has 0 aliphatic rings. The number of rotatable bonds is 3. The highest BCUT2D eigenvalue weighted by atomic mass is 79.9. The summed E-state index contributed by atoms with van der Waals surface area (Å²) in [4.78, 5) is 0. The van der Waals surface area contributed by atoms with Crippen LogP contribution in [0.4, 0.5) is 10.1 Å². The molecule has 0 radical (unpaired) electrons. The first-order valence-electron chi connectivity index (χ1n) is 4.32. The average Bonchev–Trinajstić information content (AvgIpc) is 2.15. The van der Waals surface area contributed by atoms with E-state index in [0.717, 1.165) is 0 Å². The van der Waals surface area contributed by atoms with Crippen molar-refractivity contribution in [3.63, 3.8) is 0 Å². The summed E-state index contributed by atoms with van der Waals surface area (Å²) in [6.07, 6.45) is 0. The summed E-state index contributed by atoms with van der Waals surface area (Å²) in [7, 11) is 0. The molecule has 1 aromatic rings. The second-order valence-corrected chi connectivity index (χ2v) is 4.42. The molecular formula is C10H9BrClFN2.